The van der Waals surface area contributed by atoms with Gasteiger partial charge in [-0.1, -0.05) is 32.9 Å². The predicted molar refractivity (Wildman–Crippen MR) is 78.2 cm³/mol. The van der Waals surface area contributed by atoms with Gasteiger partial charge in [-0.3, -0.25) is 9.69 Å². The summed E-state index contributed by atoms with van der Waals surface area (Å²) in [6.07, 6.45) is 0. The van der Waals surface area contributed by atoms with Gasteiger partial charge in [0.15, 0.2) is 0 Å². The van der Waals surface area contributed by atoms with Crippen molar-refractivity contribution in [1.82, 2.24) is 4.90 Å². The number of phenols is 1. The molecule has 4 nitrogen and oxygen atoms in total. The molecule has 0 amide bonds. The maximum Gasteiger partial charge on any atom is 0.317 e. The van der Waals surface area contributed by atoms with Crippen molar-refractivity contribution >= 4 is 21.9 Å². The van der Waals surface area contributed by atoms with Crippen molar-refractivity contribution in [2.45, 2.75) is 27.3 Å². The van der Waals surface area contributed by atoms with Crippen LogP contribution in [0, 0.1) is 5.41 Å². The number of aliphatic carboxylic acids is 1. The molecule has 0 spiro atoms. The van der Waals surface area contributed by atoms with Crippen LogP contribution < -0.4 is 0 Å². The van der Waals surface area contributed by atoms with E-state index in [9.17, 15) is 9.90 Å². The van der Waals surface area contributed by atoms with Gasteiger partial charge in [-0.15, -0.1) is 0 Å². The molecule has 0 aliphatic carbocycles. The molecule has 19 heavy (non-hydrogen) atoms. The fourth-order valence-electron chi connectivity index (χ4n) is 1.96. The summed E-state index contributed by atoms with van der Waals surface area (Å²) in [5, 5.41) is 18.9. The van der Waals surface area contributed by atoms with Crippen molar-refractivity contribution in [2.24, 2.45) is 5.41 Å². The molecule has 0 heterocycles. The molecule has 1 aromatic rings. The highest BCUT2D eigenvalue weighted by molar-refractivity contribution is 9.10. The average Bonchev–Trinajstić information content (AvgIpc) is 2.21. The number of carboxylic acid groups (broad SMARTS) is 1. The minimum Gasteiger partial charge on any atom is -0.506 e. The van der Waals surface area contributed by atoms with Gasteiger partial charge in [0.1, 0.15) is 5.75 Å². The lowest BCUT2D eigenvalue weighted by Crippen LogP contribution is -2.36. The van der Waals surface area contributed by atoms with Crippen LogP contribution in [0.2, 0.25) is 0 Å². The summed E-state index contributed by atoms with van der Waals surface area (Å²) >= 11 is 3.26. The maximum absolute atomic E-state index is 10.9. The van der Waals surface area contributed by atoms with Gasteiger partial charge in [-0.25, -0.2) is 0 Å². The van der Waals surface area contributed by atoms with Crippen molar-refractivity contribution < 1.29 is 15.0 Å². The lowest BCUT2D eigenvalue weighted by atomic mass is 9.95. The second-order valence-electron chi connectivity index (χ2n) is 5.85. The summed E-state index contributed by atoms with van der Waals surface area (Å²) in [6, 6.07) is 5.39. The van der Waals surface area contributed by atoms with Gasteiger partial charge >= 0.3 is 5.97 Å². The van der Waals surface area contributed by atoms with Crippen molar-refractivity contribution in [3.8, 4) is 5.75 Å². The third-order valence-corrected chi connectivity index (χ3v) is 3.16. The van der Waals surface area contributed by atoms with E-state index in [1.54, 1.807) is 12.1 Å². The number of aromatic hydroxyl groups is 1. The third kappa shape index (κ3) is 5.61. The Morgan fingerprint density at radius 1 is 1.37 bits per heavy atom. The molecule has 106 valence electrons. The van der Waals surface area contributed by atoms with E-state index in [-0.39, 0.29) is 17.7 Å². The molecule has 0 aliphatic rings. The van der Waals surface area contributed by atoms with Gasteiger partial charge < -0.3 is 10.2 Å². The first-order chi connectivity index (χ1) is 8.69. The molecular weight excluding hydrogens is 310 g/mol. The molecule has 0 unspecified atom stereocenters. The van der Waals surface area contributed by atoms with E-state index in [1.807, 2.05) is 11.0 Å². The highest BCUT2D eigenvalue weighted by atomic mass is 79.9. The van der Waals surface area contributed by atoms with Crippen LogP contribution in [0.5, 0.6) is 5.75 Å². The molecule has 0 radical (unpaired) electrons. The van der Waals surface area contributed by atoms with Gasteiger partial charge in [0.25, 0.3) is 0 Å². The average molecular weight is 330 g/mol. The van der Waals surface area contributed by atoms with Crippen molar-refractivity contribution in [2.75, 3.05) is 13.1 Å². The number of hydrogen-bond donors (Lipinski definition) is 2. The standard InChI is InChI=1S/C14H20BrNO3/c1-14(2,3)9-16(8-12(17)18)7-10-5-4-6-11(15)13(10)19/h4-6,19H,7-9H2,1-3H3,(H,17,18). The summed E-state index contributed by atoms with van der Waals surface area (Å²) in [4.78, 5) is 12.7. The van der Waals surface area contributed by atoms with Crippen LogP contribution in [0.4, 0.5) is 0 Å². The Hall–Kier alpha value is -1.07. The zero-order valence-corrected chi connectivity index (χ0v) is 13.1. The normalized spacial score (nSPS) is 11.8. The van der Waals surface area contributed by atoms with Gasteiger partial charge in [0, 0.05) is 18.7 Å². The van der Waals surface area contributed by atoms with Crippen LogP contribution >= 0.6 is 15.9 Å². The second-order valence-corrected chi connectivity index (χ2v) is 6.70. The van der Waals surface area contributed by atoms with E-state index in [0.29, 0.717) is 17.6 Å². The monoisotopic (exact) mass is 329 g/mol. The Bertz CT molecular complexity index is 454. The topological polar surface area (TPSA) is 60.8 Å². The zero-order chi connectivity index (χ0) is 14.6. The number of carbonyl (C=O) groups is 1. The van der Waals surface area contributed by atoms with Crippen LogP contribution in [-0.4, -0.2) is 34.2 Å². The Morgan fingerprint density at radius 2 is 2.00 bits per heavy atom. The van der Waals surface area contributed by atoms with E-state index < -0.39 is 5.97 Å². The smallest absolute Gasteiger partial charge is 0.317 e. The number of carboxylic acids is 1. The molecular formula is C14H20BrNO3. The van der Waals surface area contributed by atoms with Crippen LogP contribution in [0.3, 0.4) is 0 Å². The van der Waals surface area contributed by atoms with Crippen LogP contribution in [0.1, 0.15) is 26.3 Å². The van der Waals surface area contributed by atoms with E-state index in [1.165, 1.54) is 0 Å². The third-order valence-electron chi connectivity index (χ3n) is 2.52. The van der Waals surface area contributed by atoms with Crippen LogP contribution in [0.25, 0.3) is 0 Å². The first kappa shape index (κ1) is 16.0. The second kappa shape index (κ2) is 6.39. The highest BCUT2D eigenvalue weighted by Gasteiger charge is 2.20. The molecule has 0 saturated carbocycles. The molecule has 0 aliphatic heterocycles. The minimum atomic E-state index is -0.862. The summed E-state index contributed by atoms with van der Waals surface area (Å²) < 4.78 is 0.621. The first-order valence-corrected chi connectivity index (χ1v) is 6.89. The Kier molecular flexibility index (Phi) is 5.38. The van der Waals surface area contributed by atoms with E-state index >= 15 is 0 Å². The van der Waals surface area contributed by atoms with Gasteiger partial charge in [-0.2, -0.15) is 0 Å². The quantitative estimate of drug-likeness (QED) is 0.871. The lowest BCUT2D eigenvalue weighted by molar-refractivity contribution is -0.138. The van der Waals surface area contributed by atoms with Crippen LogP contribution in [0.15, 0.2) is 22.7 Å². The molecule has 0 bridgehead atoms. The van der Waals surface area contributed by atoms with Crippen molar-refractivity contribution in [3.63, 3.8) is 0 Å². The molecule has 2 N–H and O–H groups in total. The number of hydrogen-bond acceptors (Lipinski definition) is 3. The molecule has 1 aromatic carbocycles. The number of benzene rings is 1. The summed E-state index contributed by atoms with van der Waals surface area (Å²) in [7, 11) is 0. The first-order valence-electron chi connectivity index (χ1n) is 6.09. The number of para-hydroxylation sites is 1. The highest BCUT2D eigenvalue weighted by Crippen LogP contribution is 2.29. The van der Waals surface area contributed by atoms with Gasteiger partial charge in [-0.05, 0) is 27.4 Å². The molecule has 1 rings (SSSR count). The van der Waals surface area contributed by atoms with E-state index in [2.05, 4.69) is 36.7 Å². The summed E-state index contributed by atoms with van der Waals surface area (Å²) in [5.74, 6) is -0.689. The summed E-state index contributed by atoms with van der Waals surface area (Å²) in [6.45, 7) is 7.19. The van der Waals surface area contributed by atoms with Gasteiger partial charge in [0.05, 0.1) is 11.0 Å². The number of halogens is 1. The SMILES string of the molecule is CC(C)(C)CN(CC(=O)O)Cc1cccc(Br)c1O. The van der Waals surface area contributed by atoms with E-state index in [4.69, 9.17) is 5.11 Å². The molecule has 0 atom stereocenters. The van der Waals surface area contributed by atoms with Crippen molar-refractivity contribution in [3.05, 3.63) is 28.2 Å². The summed E-state index contributed by atoms with van der Waals surface area (Å²) in [5.41, 5.74) is 0.719. The molecule has 0 saturated heterocycles. The fraction of sp³-hybridized carbons (Fsp3) is 0.500. The largest absolute Gasteiger partial charge is 0.506 e. The van der Waals surface area contributed by atoms with Crippen LogP contribution in [-0.2, 0) is 11.3 Å². The number of phenolic OH excluding ortho intramolecular Hbond substituents is 1. The molecule has 0 aromatic heterocycles. The Morgan fingerprint density at radius 3 is 2.53 bits per heavy atom. The maximum atomic E-state index is 10.9. The van der Waals surface area contributed by atoms with Crippen molar-refractivity contribution in [1.29, 1.82) is 0 Å². The Balaban J connectivity index is 2.87. The fourth-order valence-corrected chi connectivity index (χ4v) is 2.37. The number of rotatable bonds is 5. The zero-order valence-electron chi connectivity index (χ0n) is 11.5. The lowest BCUT2D eigenvalue weighted by Gasteiger charge is -2.29. The Labute approximate surface area is 122 Å². The van der Waals surface area contributed by atoms with E-state index in [0.717, 1.165) is 5.56 Å². The molecule has 0 fully saturated rings. The minimum absolute atomic E-state index is 0.00290. The van der Waals surface area contributed by atoms with Gasteiger partial charge in [0.2, 0.25) is 0 Å². The molecule has 5 heteroatoms. The number of nitrogens with zero attached hydrogens (tertiary/aromatic N) is 1. The predicted octanol–water partition coefficient (Wildman–Crippen LogP) is 3.09.